The molecule has 0 radical (unpaired) electrons. The molecule has 1 spiro atoms. The molecule has 0 unspecified atom stereocenters. The number of para-hydroxylation sites is 2. The van der Waals surface area contributed by atoms with E-state index in [2.05, 4.69) is 103 Å². The number of ether oxygens (including phenoxy) is 1. The largest absolute Gasteiger partial charge is 0.457 e. The number of benzene rings is 5. The van der Waals surface area contributed by atoms with E-state index in [1.165, 1.54) is 38.9 Å². The van der Waals surface area contributed by atoms with Gasteiger partial charge in [-0.2, -0.15) is 0 Å². The molecule has 0 atom stereocenters. The smallest absolute Gasteiger partial charge is 0.132 e. The second kappa shape index (κ2) is 7.35. The lowest BCUT2D eigenvalue weighted by molar-refractivity contribution is 0.436. The fourth-order valence-corrected chi connectivity index (χ4v) is 6.08. The van der Waals surface area contributed by atoms with Crippen LogP contribution in [0.25, 0.3) is 11.1 Å². The summed E-state index contributed by atoms with van der Waals surface area (Å²) >= 11 is 6.49. The van der Waals surface area contributed by atoms with Crippen LogP contribution in [0.3, 0.4) is 0 Å². The van der Waals surface area contributed by atoms with Crippen molar-refractivity contribution in [3.8, 4) is 22.6 Å². The highest BCUT2D eigenvalue weighted by Gasteiger charge is 2.50. The summed E-state index contributed by atoms with van der Waals surface area (Å²) in [5.74, 6) is 1.84. The molecular weight excluding hydrogens is 436 g/mol. The minimum Gasteiger partial charge on any atom is -0.457 e. The van der Waals surface area contributed by atoms with E-state index in [1.807, 2.05) is 12.1 Å². The molecular formula is C32H21ClO. The normalized spacial score (nSPS) is 14.0. The van der Waals surface area contributed by atoms with Crippen molar-refractivity contribution < 1.29 is 4.74 Å². The molecule has 5 aromatic rings. The molecule has 162 valence electrons. The molecule has 0 N–H and O–H groups in total. The minimum atomic E-state index is -0.402. The molecule has 2 heteroatoms. The summed E-state index contributed by atoms with van der Waals surface area (Å²) in [5, 5.41) is 0.812. The van der Waals surface area contributed by atoms with Crippen molar-refractivity contribution >= 4 is 11.6 Å². The van der Waals surface area contributed by atoms with Crippen LogP contribution in [0.5, 0.6) is 11.5 Å². The molecule has 1 aliphatic heterocycles. The first-order chi connectivity index (χ1) is 16.8. The van der Waals surface area contributed by atoms with Crippen molar-refractivity contribution in [1.82, 2.24) is 0 Å². The third-order valence-electron chi connectivity index (χ3n) is 7.26. The van der Waals surface area contributed by atoms with Gasteiger partial charge in [0, 0.05) is 16.1 Å². The fraction of sp³-hybridized carbons (Fsp3) is 0.0625. The summed E-state index contributed by atoms with van der Waals surface area (Å²) in [4.78, 5) is 0. The van der Waals surface area contributed by atoms with Gasteiger partial charge in [0.25, 0.3) is 0 Å². The van der Waals surface area contributed by atoms with E-state index in [4.69, 9.17) is 16.3 Å². The highest BCUT2D eigenvalue weighted by Crippen LogP contribution is 2.61. The molecule has 0 amide bonds. The van der Waals surface area contributed by atoms with Crippen molar-refractivity contribution in [3.63, 3.8) is 0 Å². The van der Waals surface area contributed by atoms with E-state index in [-0.39, 0.29) is 0 Å². The van der Waals surface area contributed by atoms with E-state index >= 15 is 0 Å². The van der Waals surface area contributed by atoms with Gasteiger partial charge >= 0.3 is 0 Å². The first kappa shape index (κ1) is 19.6. The maximum atomic E-state index is 6.49. The van der Waals surface area contributed by atoms with Crippen molar-refractivity contribution in [2.24, 2.45) is 0 Å². The van der Waals surface area contributed by atoms with Crippen LogP contribution in [0, 0.1) is 0 Å². The van der Waals surface area contributed by atoms with Gasteiger partial charge in [0.1, 0.15) is 11.5 Å². The molecule has 34 heavy (non-hydrogen) atoms. The van der Waals surface area contributed by atoms with Gasteiger partial charge in [0.05, 0.1) is 5.41 Å². The number of fused-ring (bicyclic) bond motifs is 9. The van der Waals surface area contributed by atoms with Crippen LogP contribution in [0.1, 0.15) is 33.4 Å². The third kappa shape index (κ3) is 2.62. The molecule has 0 fully saturated rings. The monoisotopic (exact) mass is 456 g/mol. The number of hydrogen-bond donors (Lipinski definition) is 0. The summed E-state index contributed by atoms with van der Waals surface area (Å²) in [6, 6.07) is 40.8. The Balaban J connectivity index is 1.52. The molecule has 0 saturated carbocycles. The molecule has 0 aromatic heterocycles. The van der Waals surface area contributed by atoms with Gasteiger partial charge in [-0.15, -0.1) is 0 Å². The topological polar surface area (TPSA) is 9.23 Å². The second-order valence-corrected chi connectivity index (χ2v) is 9.45. The van der Waals surface area contributed by atoms with Crippen LogP contribution >= 0.6 is 11.6 Å². The average Bonchev–Trinajstić information content (AvgIpc) is 3.16. The first-order valence-electron chi connectivity index (χ1n) is 11.6. The van der Waals surface area contributed by atoms with Crippen LogP contribution in [0.15, 0.2) is 115 Å². The summed E-state index contributed by atoms with van der Waals surface area (Å²) < 4.78 is 6.40. The van der Waals surface area contributed by atoms with E-state index in [0.717, 1.165) is 28.5 Å². The van der Waals surface area contributed by atoms with E-state index in [9.17, 15) is 0 Å². The lowest BCUT2D eigenvalue weighted by Crippen LogP contribution is -2.32. The summed E-state index contributed by atoms with van der Waals surface area (Å²) in [7, 11) is 0. The zero-order valence-corrected chi connectivity index (χ0v) is 19.2. The second-order valence-electron chi connectivity index (χ2n) is 9.04. The SMILES string of the molecule is Clc1ccccc1Cc1ccc2c(c1)-c1ccccc1C21c2ccccc2Oc2ccccc21. The lowest BCUT2D eigenvalue weighted by atomic mass is 9.66. The van der Waals surface area contributed by atoms with Crippen LogP contribution in [0.4, 0.5) is 0 Å². The molecule has 0 saturated heterocycles. The Morgan fingerprint density at radius 1 is 0.559 bits per heavy atom. The Bertz CT molecular complexity index is 1540. The highest BCUT2D eigenvalue weighted by molar-refractivity contribution is 6.31. The third-order valence-corrected chi connectivity index (χ3v) is 7.63. The maximum Gasteiger partial charge on any atom is 0.132 e. The van der Waals surface area contributed by atoms with Crippen LogP contribution in [-0.4, -0.2) is 0 Å². The van der Waals surface area contributed by atoms with Gasteiger partial charge in [-0.3, -0.25) is 0 Å². The van der Waals surface area contributed by atoms with E-state index in [1.54, 1.807) is 0 Å². The van der Waals surface area contributed by atoms with Crippen molar-refractivity contribution in [2.45, 2.75) is 11.8 Å². The zero-order chi connectivity index (χ0) is 22.7. The van der Waals surface area contributed by atoms with E-state index in [0.29, 0.717) is 0 Å². The summed E-state index contributed by atoms with van der Waals surface area (Å²) in [6.07, 6.45) is 0.804. The van der Waals surface area contributed by atoms with Crippen molar-refractivity contribution in [2.75, 3.05) is 0 Å². The minimum absolute atomic E-state index is 0.402. The Labute approximate surface area is 204 Å². The van der Waals surface area contributed by atoms with Crippen LogP contribution < -0.4 is 4.74 Å². The van der Waals surface area contributed by atoms with Gasteiger partial charge in [-0.25, -0.2) is 0 Å². The molecule has 2 aliphatic rings. The highest BCUT2D eigenvalue weighted by atomic mass is 35.5. The molecule has 7 rings (SSSR count). The molecule has 1 aliphatic carbocycles. The van der Waals surface area contributed by atoms with Gasteiger partial charge in [-0.05, 0) is 58.0 Å². The van der Waals surface area contributed by atoms with Gasteiger partial charge in [0.15, 0.2) is 0 Å². The van der Waals surface area contributed by atoms with Crippen LogP contribution in [0.2, 0.25) is 5.02 Å². The lowest BCUT2D eigenvalue weighted by Gasteiger charge is -2.39. The fourth-order valence-electron chi connectivity index (χ4n) is 5.88. The van der Waals surface area contributed by atoms with Gasteiger partial charge < -0.3 is 4.74 Å². The molecule has 0 bridgehead atoms. The Kier molecular flexibility index (Phi) is 4.24. The van der Waals surface area contributed by atoms with Crippen molar-refractivity contribution in [3.05, 3.63) is 154 Å². The van der Waals surface area contributed by atoms with Gasteiger partial charge in [0.2, 0.25) is 0 Å². The number of rotatable bonds is 2. The quantitative estimate of drug-likeness (QED) is 0.254. The first-order valence-corrected chi connectivity index (χ1v) is 12.0. The average molecular weight is 457 g/mol. The van der Waals surface area contributed by atoms with Crippen molar-refractivity contribution in [1.29, 1.82) is 0 Å². The predicted molar refractivity (Wildman–Crippen MR) is 138 cm³/mol. The Morgan fingerprint density at radius 3 is 1.88 bits per heavy atom. The predicted octanol–water partition coefficient (Wildman–Crippen LogP) is 8.40. The van der Waals surface area contributed by atoms with E-state index < -0.39 is 5.41 Å². The molecule has 5 aromatic carbocycles. The number of hydrogen-bond acceptors (Lipinski definition) is 1. The maximum absolute atomic E-state index is 6.49. The zero-order valence-electron chi connectivity index (χ0n) is 18.5. The molecule has 1 heterocycles. The number of halogens is 1. The summed E-state index contributed by atoms with van der Waals surface area (Å²) in [6.45, 7) is 0. The van der Waals surface area contributed by atoms with Gasteiger partial charge in [-0.1, -0.05) is 109 Å². The Morgan fingerprint density at radius 2 is 1.15 bits per heavy atom. The van der Waals surface area contributed by atoms with Crippen LogP contribution in [-0.2, 0) is 11.8 Å². The standard InChI is InChI=1S/C32H21ClO/c33-29-14-6-1-9-22(29)19-21-17-18-26-24(20-21)23-10-2-3-11-25(23)32(26)27-12-4-7-15-30(27)34-31-16-8-5-13-28(31)32/h1-18,20H,19H2. The summed E-state index contributed by atoms with van der Waals surface area (Å²) in [5.41, 5.74) is 9.57. The Hall–Kier alpha value is -3.81. The molecule has 1 nitrogen and oxygen atoms in total.